The van der Waals surface area contributed by atoms with Crippen LogP contribution in [0.5, 0.6) is 0 Å². The lowest BCUT2D eigenvalue weighted by Crippen LogP contribution is -2.37. The quantitative estimate of drug-likeness (QED) is 0.332. The van der Waals surface area contributed by atoms with Crippen molar-refractivity contribution in [2.45, 2.75) is 26.4 Å². The molecule has 0 aliphatic rings. The lowest BCUT2D eigenvalue weighted by Gasteiger charge is -2.23. The monoisotopic (exact) mass is 189 g/mol. The van der Waals surface area contributed by atoms with E-state index in [9.17, 15) is 5.11 Å². The normalized spacial score (nSPS) is 15.2. The van der Waals surface area contributed by atoms with Crippen LogP contribution in [0.2, 0.25) is 0 Å². The van der Waals surface area contributed by atoms with Crippen LogP contribution < -0.4 is 11.6 Å². The molecule has 0 saturated heterocycles. The van der Waals surface area contributed by atoms with E-state index in [2.05, 4.69) is 0 Å². The molecule has 1 atom stereocenters. The molecule has 0 aromatic carbocycles. The summed E-state index contributed by atoms with van der Waals surface area (Å²) < 4.78 is 0. The molecule has 78 valence electrons. The maximum Gasteiger partial charge on any atom is 0.0843 e. The summed E-state index contributed by atoms with van der Waals surface area (Å²) in [5.41, 5.74) is 6.38. The number of aliphatic hydroxyl groups is 2. The zero-order valence-electron chi connectivity index (χ0n) is 8.20. The largest absolute Gasteiger partial charge is 0.399 e. The molecular weight excluding hydrogens is 170 g/mol. The van der Waals surface area contributed by atoms with Gasteiger partial charge in [-0.25, -0.2) is 5.84 Å². The van der Waals surface area contributed by atoms with Gasteiger partial charge in [0.1, 0.15) is 0 Å². The first-order chi connectivity index (χ1) is 6.02. The van der Waals surface area contributed by atoms with Crippen molar-refractivity contribution in [1.29, 1.82) is 0 Å². The molecule has 0 fully saturated rings. The Balaban J connectivity index is 4.18. The van der Waals surface area contributed by atoms with Crippen LogP contribution >= 0.6 is 0 Å². The number of nitrogens with zero attached hydrogens (tertiary/aromatic N) is 1. The van der Waals surface area contributed by atoms with Gasteiger partial charge in [-0.2, -0.15) is 0 Å². The molecule has 5 heteroatoms. The second kappa shape index (κ2) is 5.80. The first-order valence-electron chi connectivity index (χ1n) is 4.29. The van der Waals surface area contributed by atoms with Crippen LogP contribution in [0.15, 0.2) is 11.4 Å². The summed E-state index contributed by atoms with van der Waals surface area (Å²) in [6.07, 6.45) is 0.173. The third kappa shape index (κ3) is 4.12. The van der Waals surface area contributed by atoms with Crippen molar-refractivity contribution >= 4 is 0 Å². The second-order valence-electron chi connectivity index (χ2n) is 2.98. The van der Waals surface area contributed by atoms with Gasteiger partial charge in [0, 0.05) is 5.70 Å². The average molecular weight is 189 g/mol. The first kappa shape index (κ1) is 12.2. The van der Waals surface area contributed by atoms with E-state index in [4.69, 9.17) is 16.7 Å². The molecule has 0 bridgehead atoms. The van der Waals surface area contributed by atoms with Crippen LogP contribution in [0.3, 0.4) is 0 Å². The summed E-state index contributed by atoms with van der Waals surface area (Å²) in [5, 5.41) is 19.3. The van der Waals surface area contributed by atoms with Crippen LogP contribution in [0.1, 0.15) is 20.3 Å². The van der Waals surface area contributed by atoms with Crippen LogP contribution in [0, 0.1) is 0 Å². The van der Waals surface area contributed by atoms with E-state index >= 15 is 0 Å². The third-order valence-corrected chi connectivity index (χ3v) is 1.94. The molecule has 0 heterocycles. The van der Waals surface area contributed by atoms with E-state index in [1.165, 1.54) is 5.01 Å². The molecule has 13 heavy (non-hydrogen) atoms. The zero-order valence-corrected chi connectivity index (χ0v) is 8.20. The highest BCUT2D eigenvalue weighted by Crippen LogP contribution is 2.03. The van der Waals surface area contributed by atoms with E-state index < -0.39 is 6.10 Å². The Bertz CT molecular complexity index is 182. The van der Waals surface area contributed by atoms with Gasteiger partial charge in [-0.1, -0.05) is 6.92 Å². The molecule has 0 aromatic heterocycles. The van der Waals surface area contributed by atoms with Crippen molar-refractivity contribution in [3.63, 3.8) is 0 Å². The highest BCUT2D eigenvalue weighted by atomic mass is 16.3. The Labute approximate surface area is 78.6 Å². The molecule has 5 nitrogen and oxygen atoms in total. The molecule has 0 aliphatic carbocycles. The van der Waals surface area contributed by atoms with Crippen LogP contribution in [-0.2, 0) is 0 Å². The molecule has 0 spiro atoms. The molecule has 0 aromatic rings. The summed E-state index contributed by atoms with van der Waals surface area (Å²) >= 11 is 0. The summed E-state index contributed by atoms with van der Waals surface area (Å²) in [6.45, 7) is 3.67. The molecule has 1 unspecified atom stereocenters. The van der Waals surface area contributed by atoms with Crippen LogP contribution in [-0.4, -0.2) is 34.5 Å². The minimum Gasteiger partial charge on any atom is -0.399 e. The van der Waals surface area contributed by atoms with Crippen molar-refractivity contribution in [2.24, 2.45) is 11.6 Å². The van der Waals surface area contributed by atoms with Crippen LogP contribution in [0.25, 0.3) is 0 Å². The number of hydrogen-bond donors (Lipinski definition) is 4. The summed E-state index contributed by atoms with van der Waals surface area (Å²) in [4.78, 5) is 0. The number of aliphatic hydroxyl groups excluding tert-OH is 2. The standard InChI is InChI=1S/C8H19N3O2/c1-3-7(13)4-11(10)6(2)8(9)5-12/h7,12-13H,3-5,9-10H2,1-2H3/b8-6-. The first-order valence-corrected chi connectivity index (χ1v) is 4.29. The summed E-state index contributed by atoms with van der Waals surface area (Å²) in [7, 11) is 0. The van der Waals surface area contributed by atoms with Gasteiger partial charge in [-0.05, 0) is 13.3 Å². The lowest BCUT2D eigenvalue weighted by molar-refractivity contribution is 0.124. The van der Waals surface area contributed by atoms with Crippen molar-refractivity contribution in [3.05, 3.63) is 11.4 Å². The van der Waals surface area contributed by atoms with Gasteiger partial charge < -0.3 is 21.0 Å². The van der Waals surface area contributed by atoms with Crippen molar-refractivity contribution in [3.8, 4) is 0 Å². The molecule has 0 saturated carbocycles. The average Bonchev–Trinajstić information content (AvgIpc) is 2.14. The number of hydrazine groups is 1. The fraction of sp³-hybridized carbons (Fsp3) is 0.750. The fourth-order valence-electron chi connectivity index (χ4n) is 0.792. The van der Waals surface area contributed by atoms with E-state index in [-0.39, 0.29) is 6.61 Å². The smallest absolute Gasteiger partial charge is 0.0843 e. The Morgan fingerprint density at radius 1 is 1.54 bits per heavy atom. The van der Waals surface area contributed by atoms with E-state index in [1.54, 1.807) is 6.92 Å². The van der Waals surface area contributed by atoms with Crippen molar-refractivity contribution in [1.82, 2.24) is 5.01 Å². The van der Waals surface area contributed by atoms with Gasteiger partial charge in [0.05, 0.1) is 25.0 Å². The van der Waals surface area contributed by atoms with Gasteiger partial charge in [0.2, 0.25) is 0 Å². The number of allylic oxidation sites excluding steroid dienone is 1. The zero-order chi connectivity index (χ0) is 10.4. The number of rotatable bonds is 5. The summed E-state index contributed by atoms with van der Waals surface area (Å²) in [5.74, 6) is 5.59. The Morgan fingerprint density at radius 3 is 2.46 bits per heavy atom. The molecular formula is C8H19N3O2. The third-order valence-electron chi connectivity index (χ3n) is 1.94. The van der Waals surface area contributed by atoms with Gasteiger partial charge in [0.15, 0.2) is 0 Å². The predicted molar refractivity (Wildman–Crippen MR) is 51.2 cm³/mol. The van der Waals surface area contributed by atoms with E-state index in [0.717, 1.165) is 0 Å². The van der Waals surface area contributed by atoms with Crippen molar-refractivity contribution < 1.29 is 10.2 Å². The minimum absolute atomic E-state index is 0.220. The Kier molecular flexibility index (Phi) is 5.45. The highest BCUT2D eigenvalue weighted by Gasteiger charge is 2.08. The molecule has 0 radical (unpaired) electrons. The maximum atomic E-state index is 9.28. The molecule has 0 aliphatic heterocycles. The molecule has 0 amide bonds. The fourth-order valence-corrected chi connectivity index (χ4v) is 0.792. The maximum absolute atomic E-state index is 9.28. The Hall–Kier alpha value is -0.780. The number of hydrogen-bond acceptors (Lipinski definition) is 5. The number of nitrogens with two attached hydrogens (primary N) is 2. The summed E-state index contributed by atoms with van der Waals surface area (Å²) in [6, 6.07) is 0. The van der Waals surface area contributed by atoms with Crippen LogP contribution in [0.4, 0.5) is 0 Å². The topological polar surface area (TPSA) is 95.7 Å². The molecule has 0 rings (SSSR count). The van der Waals surface area contributed by atoms with Crippen molar-refractivity contribution in [2.75, 3.05) is 13.2 Å². The Morgan fingerprint density at radius 2 is 2.08 bits per heavy atom. The van der Waals surface area contributed by atoms with Gasteiger partial charge in [0.25, 0.3) is 0 Å². The lowest BCUT2D eigenvalue weighted by atomic mass is 10.2. The minimum atomic E-state index is -0.466. The second-order valence-corrected chi connectivity index (χ2v) is 2.98. The predicted octanol–water partition coefficient (Wildman–Crippen LogP) is -0.884. The van der Waals surface area contributed by atoms with E-state index in [1.807, 2.05) is 6.92 Å². The van der Waals surface area contributed by atoms with E-state index in [0.29, 0.717) is 24.4 Å². The van der Waals surface area contributed by atoms with Gasteiger partial charge in [-0.3, -0.25) is 0 Å². The highest BCUT2D eigenvalue weighted by molar-refractivity contribution is 5.06. The molecule has 6 N–H and O–H groups in total. The van der Waals surface area contributed by atoms with Gasteiger partial charge in [-0.15, -0.1) is 0 Å². The SMILES string of the molecule is CCC(O)CN(N)/C(C)=C(\N)CO. The van der Waals surface area contributed by atoms with Gasteiger partial charge >= 0.3 is 0 Å².